The number of aromatic amines is 1. The van der Waals surface area contributed by atoms with E-state index in [2.05, 4.69) is 53.5 Å². The van der Waals surface area contributed by atoms with Crippen molar-refractivity contribution in [3.63, 3.8) is 0 Å². The standard InChI is InChI=1S/C42H45N3O4/c46-40(48-25-27-9-2-1-3-10-27)38-36(16-17-42-22-28-19-29(23-42)21-30(20-28)24-42)43-39(44-38)37-15-8-18-45(37)41(47)49-26-35-33-13-6-4-11-31(33)32-12-5-7-14-34(32)35/h1-7,9-14,28-30,35,37H,8,15-26H2,(H,43,44). The Balaban J connectivity index is 0.936. The van der Waals surface area contributed by atoms with Crippen LogP contribution in [0.2, 0.25) is 0 Å². The van der Waals surface area contributed by atoms with Crippen molar-refractivity contribution >= 4 is 12.1 Å². The molecule has 1 unspecified atom stereocenters. The minimum Gasteiger partial charge on any atom is -0.456 e. The Morgan fingerprint density at radius 1 is 0.816 bits per heavy atom. The number of rotatable bonds is 9. The fourth-order valence-corrected chi connectivity index (χ4v) is 10.7. The van der Waals surface area contributed by atoms with E-state index in [1.54, 1.807) is 4.90 Å². The van der Waals surface area contributed by atoms with Crippen LogP contribution in [0, 0.1) is 23.2 Å². The summed E-state index contributed by atoms with van der Waals surface area (Å²) in [4.78, 5) is 37.7. The number of ether oxygens (including phenoxy) is 2. The van der Waals surface area contributed by atoms with Gasteiger partial charge in [-0.05, 0) is 115 Å². The topological polar surface area (TPSA) is 84.5 Å². The molecular formula is C42H45N3O4. The van der Waals surface area contributed by atoms with E-state index in [4.69, 9.17) is 14.5 Å². The van der Waals surface area contributed by atoms with E-state index >= 15 is 0 Å². The van der Waals surface area contributed by atoms with Crippen LogP contribution in [0.1, 0.15) is 108 Å². The molecule has 0 radical (unpaired) electrons. The number of hydrogen-bond donors (Lipinski definition) is 1. The van der Waals surface area contributed by atoms with Crippen molar-refractivity contribution in [2.24, 2.45) is 23.2 Å². The molecule has 5 aliphatic carbocycles. The minimum atomic E-state index is -0.405. The molecule has 2 heterocycles. The second-order valence-corrected chi connectivity index (χ2v) is 15.6. The zero-order valence-electron chi connectivity index (χ0n) is 28.1. The molecule has 252 valence electrons. The molecule has 1 amide bonds. The van der Waals surface area contributed by atoms with Gasteiger partial charge in [-0.1, -0.05) is 78.9 Å². The summed E-state index contributed by atoms with van der Waals surface area (Å²) < 4.78 is 11.9. The van der Waals surface area contributed by atoms with Gasteiger partial charge in [-0.3, -0.25) is 4.90 Å². The highest BCUT2D eigenvalue weighted by Gasteiger charge is 2.50. The third-order valence-electron chi connectivity index (χ3n) is 12.4. The molecule has 7 heteroatoms. The van der Waals surface area contributed by atoms with Crippen molar-refractivity contribution in [2.45, 2.75) is 82.8 Å². The first-order chi connectivity index (χ1) is 24.0. The molecule has 4 saturated carbocycles. The predicted molar refractivity (Wildman–Crippen MR) is 187 cm³/mol. The van der Waals surface area contributed by atoms with Gasteiger partial charge in [-0.15, -0.1) is 0 Å². The van der Waals surface area contributed by atoms with Crippen LogP contribution in [0.25, 0.3) is 11.1 Å². The number of carbonyl (C=O) groups excluding carboxylic acids is 2. The minimum absolute atomic E-state index is 0.00295. The SMILES string of the molecule is O=C(OCc1ccccc1)c1nc(C2CCCN2C(=O)OCC2c3ccccc3-c3ccccc32)[nH]c1CCC12CC3CC(CC(C3)C1)C2. The molecule has 3 aromatic carbocycles. The van der Waals surface area contributed by atoms with Crippen LogP contribution in [-0.2, 0) is 22.5 Å². The second-order valence-electron chi connectivity index (χ2n) is 15.6. The summed E-state index contributed by atoms with van der Waals surface area (Å²) >= 11 is 0. The average molecular weight is 656 g/mol. The Morgan fingerprint density at radius 3 is 2.12 bits per heavy atom. The molecule has 1 aromatic heterocycles. The summed E-state index contributed by atoms with van der Waals surface area (Å²) in [5.41, 5.74) is 7.36. The number of hydrogen-bond acceptors (Lipinski definition) is 5. The van der Waals surface area contributed by atoms with Gasteiger partial charge in [-0.25, -0.2) is 14.6 Å². The molecule has 1 saturated heterocycles. The maximum Gasteiger partial charge on any atom is 0.410 e. The van der Waals surface area contributed by atoms with E-state index in [0.29, 0.717) is 23.5 Å². The number of esters is 1. The second kappa shape index (κ2) is 12.5. The lowest BCUT2D eigenvalue weighted by atomic mass is 9.48. The molecule has 0 spiro atoms. The number of benzene rings is 3. The molecular weight excluding hydrogens is 610 g/mol. The fraction of sp³-hybridized carbons (Fsp3) is 0.452. The Bertz CT molecular complexity index is 1780. The summed E-state index contributed by atoms with van der Waals surface area (Å²) in [6, 6.07) is 26.3. The van der Waals surface area contributed by atoms with Gasteiger partial charge in [0.25, 0.3) is 0 Å². The van der Waals surface area contributed by atoms with Crippen LogP contribution in [0.4, 0.5) is 4.79 Å². The summed E-state index contributed by atoms with van der Waals surface area (Å²) in [7, 11) is 0. The Morgan fingerprint density at radius 2 is 1.45 bits per heavy atom. The molecule has 5 fully saturated rings. The van der Waals surface area contributed by atoms with Gasteiger partial charge in [-0.2, -0.15) is 0 Å². The number of nitrogens with one attached hydrogen (secondary N) is 1. The zero-order valence-corrected chi connectivity index (χ0v) is 28.1. The molecule has 4 bridgehead atoms. The predicted octanol–water partition coefficient (Wildman–Crippen LogP) is 9.00. The van der Waals surface area contributed by atoms with Crippen molar-refractivity contribution in [1.82, 2.24) is 14.9 Å². The Labute approximate surface area is 288 Å². The molecule has 1 N–H and O–H groups in total. The van der Waals surface area contributed by atoms with Crippen molar-refractivity contribution in [3.05, 3.63) is 113 Å². The summed E-state index contributed by atoms with van der Waals surface area (Å²) in [5.74, 6) is 2.90. The first kappa shape index (κ1) is 30.7. The maximum atomic E-state index is 13.8. The van der Waals surface area contributed by atoms with Crippen LogP contribution in [0.5, 0.6) is 0 Å². The van der Waals surface area contributed by atoms with Gasteiger partial charge in [0, 0.05) is 18.2 Å². The smallest absolute Gasteiger partial charge is 0.410 e. The van der Waals surface area contributed by atoms with Crippen molar-refractivity contribution in [2.75, 3.05) is 13.2 Å². The number of aryl methyl sites for hydroxylation is 1. The quantitative estimate of drug-likeness (QED) is 0.182. The lowest BCUT2D eigenvalue weighted by Gasteiger charge is -2.57. The van der Waals surface area contributed by atoms with Crippen molar-refractivity contribution in [3.8, 4) is 11.1 Å². The molecule has 1 atom stereocenters. The molecule has 6 aliphatic rings. The van der Waals surface area contributed by atoms with Crippen LogP contribution < -0.4 is 0 Å². The number of aromatic nitrogens is 2. The number of amides is 1. The van der Waals surface area contributed by atoms with Gasteiger partial charge < -0.3 is 14.5 Å². The highest BCUT2D eigenvalue weighted by molar-refractivity contribution is 5.88. The molecule has 49 heavy (non-hydrogen) atoms. The lowest BCUT2D eigenvalue weighted by molar-refractivity contribution is -0.0571. The highest BCUT2D eigenvalue weighted by Crippen LogP contribution is 2.61. The van der Waals surface area contributed by atoms with E-state index in [1.165, 1.54) is 60.8 Å². The van der Waals surface area contributed by atoms with E-state index in [-0.39, 0.29) is 31.3 Å². The molecule has 1 aliphatic heterocycles. The average Bonchev–Trinajstić information content (AvgIpc) is 3.85. The number of imidazole rings is 1. The number of H-pyrrole nitrogens is 1. The third-order valence-corrected chi connectivity index (χ3v) is 12.4. The number of carbonyl (C=O) groups is 2. The van der Waals surface area contributed by atoms with Crippen molar-refractivity contribution < 1.29 is 19.1 Å². The summed E-state index contributed by atoms with van der Waals surface area (Å²) in [6.07, 6.45) is 11.3. The van der Waals surface area contributed by atoms with Crippen molar-refractivity contribution in [1.29, 1.82) is 0 Å². The van der Waals surface area contributed by atoms with E-state index < -0.39 is 5.97 Å². The van der Waals surface area contributed by atoms with Crippen LogP contribution in [0.15, 0.2) is 78.9 Å². The van der Waals surface area contributed by atoms with Crippen LogP contribution >= 0.6 is 0 Å². The van der Waals surface area contributed by atoms with E-state index in [0.717, 1.165) is 54.7 Å². The Hall–Kier alpha value is -4.39. The monoisotopic (exact) mass is 655 g/mol. The lowest BCUT2D eigenvalue weighted by Crippen LogP contribution is -2.46. The van der Waals surface area contributed by atoms with Gasteiger partial charge in [0.05, 0.1) is 6.04 Å². The molecule has 10 rings (SSSR count). The maximum absolute atomic E-state index is 13.8. The first-order valence-electron chi connectivity index (χ1n) is 18.4. The summed E-state index contributed by atoms with van der Waals surface area (Å²) in [6.45, 7) is 1.08. The number of fused-ring (bicyclic) bond motifs is 3. The number of nitrogens with zero attached hydrogens (tertiary/aromatic N) is 2. The highest BCUT2D eigenvalue weighted by atomic mass is 16.6. The van der Waals surface area contributed by atoms with Gasteiger partial charge in [0.15, 0.2) is 5.69 Å². The zero-order chi connectivity index (χ0) is 33.0. The normalized spacial score (nSPS) is 26.5. The van der Waals surface area contributed by atoms with E-state index in [1.807, 2.05) is 30.3 Å². The van der Waals surface area contributed by atoms with E-state index in [9.17, 15) is 9.59 Å². The van der Waals surface area contributed by atoms with Gasteiger partial charge in [0.2, 0.25) is 0 Å². The third kappa shape index (κ3) is 5.75. The van der Waals surface area contributed by atoms with Gasteiger partial charge >= 0.3 is 12.1 Å². The summed E-state index contributed by atoms with van der Waals surface area (Å²) in [5, 5.41) is 0. The molecule has 4 aromatic rings. The largest absolute Gasteiger partial charge is 0.456 e. The Kier molecular flexibility index (Phi) is 7.82. The number of likely N-dealkylation sites (tertiary alicyclic amines) is 1. The van der Waals surface area contributed by atoms with Crippen LogP contribution in [-0.4, -0.2) is 40.1 Å². The van der Waals surface area contributed by atoms with Gasteiger partial charge in [0.1, 0.15) is 19.0 Å². The fourth-order valence-electron chi connectivity index (χ4n) is 10.7. The molecule has 7 nitrogen and oxygen atoms in total. The van der Waals surface area contributed by atoms with Crippen LogP contribution in [0.3, 0.4) is 0 Å². The first-order valence-corrected chi connectivity index (χ1v) is 18.4.